The third-order valence-electron chi connectivity index (χ3n) is 6.68. The summed E-state index contributed by atoms with van der Waals surface area (Å²) in [6, 6.07) is 13.2. The van der Waals surface area contributed by atoms with Crippen LogP contribution in [0.4, 0.5) is 15.8 Å². The van der Waals surface area contributed by atoms with Gasteiger partial charge in [0.2, 0.25) is 5.83 Å². The molecule has 8 heteroatoms. The number of anilines is 2. The highest BCUT2D eigenvalue weighted by molar-refractivity contribution is 7.98. The van der Waals surface area contributed by atoms with E-state index in [2.05, 4.69) is 18.7 Å². The lowest BCUT2D eigenvalue weighted by Gasteiger charge is -2.37. The second-order valence-corrected chi connectivity index (χ2v) is 12.3. The van der Waals surface area contributed by atoms with Crippen molar-refractivity contribution in [3.05, 3.63) is 54.6 Å². The molecule has 1 heterocycles. The highest BCUT2D eigenvalue weighted by Gasteiger charge is 2.42. The third-order valence-corrected chi connectivity index (χ3v) is 9.42. The number of carbonyl (C=O) groups excluding carboxylic acids is 1. The Morgan fingerprint density at radius 2 is 1.78 bits per heavy atom. The number of sulfone groups is 1. The van der Waals surface area contributed by atoms with E-state index in [4.69, 9.17) is 4.74 Å². The lowest BCUT2D eigenvalue weighted by molar-refractivity contribution is -0.115. The van der Waals surface area contributed by atoms with Gasteiger partial charge in [0.25, 0.3) is 0 Å². The Balaban J connectivity index is 2.24. The summed E-state index contributed by atoms with van der Waals surface area (Å²) < 4.78 is 47.3. The number of nitrogens with zero attached hydrogens (tertiary/aromatic N) is 1. The highest BCUT2D eigenvalue weighted by atomic mass is 32.2. The zero-order valence-electron chi connectivity index (χ0n) is 21.6. The van der Waals surface area contributed by atoms with Gasteiger partial charge in [-0.3, -0.25) is 4.79 Å². The quantitative estimate of drug-likeness (QED) is 0.169. The fourth-order valence-electron chi connectivity index (χ4n) is 4.76. The van der Waals surface area contributed by atoms with E-state index in [1.807, 2.05) is 42.7 Å². The smallest absolute Gasteiger partial charge is 0.200 e. The number of unbranched alkanes of at least 4 members (excludes halogenated alkanes) is 2. The standard InChI is InChI=1S/C28H36FNO4S2/c1-5-7-14-28(15-8-6-2)19-30(22-12-10-9-11-13-22)24-16-26(35-4)25(34-18-23(29)21(3)31)17-27(24)36(32,33)20-28/h9-13,16-18H,5-8,14-15,19-20H2,1-4H3/b23-18-. The van der Waals surface area contributed by atoms with Gasteiger partial charge in [-0.1, -0.05) is 57.7 Å². The van der Waals surface area contributed by atoms with Crippen LogP contribution in [0.1, 0.15) is 59.3 Å². The monoisotopic (exact) mass is 533 g/mol. The first-order valence-electron chi connectivity index (χ1n) is 12.5. The van der Waals surface area contributed by atoms with Crippen molar-refractivity contribution in [3.8, 4) is 5.75 Å². The van der Waals surface area contributed by atoms with E-state index in [0.29, 0.717) is 17.1 Å². The number of para-hydroxylation sites is 1. The van der Waals surface area contributed by atoms with Crippen molar-refractivity contribution in [2.75, 3.05) is 23.5 Å². The second-order valence-electron chi connectivity index (χ2n) is 9.50. The minimum absolute atomic E-state index is 0.0477. The summed E-state index contributed by atoms with van der Waals surface area (Å²) in [6.07, 6.45) is 8.15. The SMILES string of the molecule is CCCCC1(CCCC)CN(c2ccccc2)c2cc(SC)c(O/C=C(\F)C(C)=O)cc2S(=O)(=O)C1. The minimum Gasteiger partial charge on any atom is -0.461 e. The molecule has 3 rings (SSSR count). The van der Waals surface area contributed by atoms with Gasteiger partial charge in [-0.05, 0) is 37.3 Å². The molecule has 0 N–H and O–H groups in total. The van der Waals surface area contributed by atoms with Crippen LogP contribution in [0.5, 0.6) is 5.75 Å². The maximum Gasteiger partial charge on any atom is 0.200 e. The number of hydrogen-bond donors (Lipinski definition) is 0. The molecule has 1 aliphatic rings. The van der Waals surface area contributed by atoms with Crippen LogP contribution in [0.2, 0.25) is 0 Å². The highest BCUT2D eigenvalue weighted by Crippen LogP contribution is 2.47. The Kier molecular flexibility index (Phi) is 9.64. The lowest BCUT2D eigenvalue weighted by atomic mass is 9.79. The summed E-state index contributed by atoms with van der Waals surface area (Å²) in [5.41, 5.74) is 1.13. The van der Waals surface area contributed by atoms with Crippen LogP contribution < -0.4 is 9.64 Å². The molecule has 36 heavy (non-hydrogen) atoms. The van der Waals surface area contributed by atoms with Gasteiger partial charge in [-0.25, -0.2) is 8.42 Å². The molecule has 0 aliphatic carbocycles. The fraction of sp³-hybridized carbons (Fsp3) is 0.464. The summed E-state index contributed by atoms with van der Waals surface area (Å²) in [5, 5.41) is 0. The van der Waals surface area contributed by atoms with Crippen molar-refractivity contribution in [1.29, 1.82) is 0 Å². The zero-order valence-corrected chi connectivity index (χ0v) is 23.2. The molecule has 0 bridgehead atoms. The summed E-state index contributed by atoms with van der Waals surface area (Å²) in [7, 11) is -3.70. The number of hydrogen-bond acceptors (Lipinski definition) is 6. The van der Waals surface area contributed by atoms with Crippen LogP contribution in [-0.4, -0.2) is 32.8 Å². The van der Waals surface area contributed by atoms with Crippen molar-refractivity contribution >= 4 is 38.8 Å². The van der Waals surface area contributed by atoms with E-state index >= 15 is 0 Å². The molecule has 2 aromatic rings. The van der Waals surface area contributed by atoms with Crippen LogP contribution in [-0.2, 0) is 14.6 Å². The molecule has 0 amide bonds. The molecule has 0 unspecified atom stereocenters. The average molecular weight is 534 g/mol. The molecule has 196 valence electrons. The second kappa shape index (κ2) is 12.3. The summed E-state index contributed by atoms with van der Waals surface area (Å²) in [4.78, 5) is 14.3. The summed E-state index contributed by atoms with van der Waals surface area (Å²) in [5.74, 6) is -1.52. The molecule has 0 spiro atoms. The van der Waals surface area contributed by atoms with Gasteiger partial charge in [-0.15, -0.1) is 11.8 Å². The number of allylic oxidation sites excluding steroid dienone is 1. The first kappa shape index (κ1) is 28.3. The Morgan fingerprint density at radius 1 is 1.14 bits per heavy atom. The van der Waals surface area contributed by atoms with E-state index in [1.165, 1.54) is 17.8 Å². The molecule has 0 saturated heterocycles. The van der Waals surface area contributed by atoms with Crippen molar-refractivity contribution in [3.63, 3.8) is 0 Å². The lowest BCUT2D eigenvalue weighted by Crippen LogP contribution is -2.38. The van der Waals surface area contributed by atoms with E-state index in [9.17, 15) is 17.6 Å². The van der Waals surface area contributed by atoms with Crippen molar-refractivity contribution in [2.45, 2.75) is 69.1 Å². The molecular formula is C28H36FNO4S2. The number of benzene rings is 2. The van der Waals surface area contributed by atoms with Gasteiger partial charge in [0, 0.05) is 30.6 Å². The molecule has 0 radical (unpaired) electrons. The number of fused-ring (bicyclic) bond motifs is 1. The van der Waals surface area contributed by atoms with Gasteiger partial charge in [-0.2, -0.15) is 4.39 Å². The predicted octanol–water partition coefficient (Wildman–Crippen LogP) is 7.48. The number of Topliss-reactive ketones (excluding diaryl/α,β-unsaturated/α-hetero) is 1. The number of ketones is 1. The molecule has 0 aromatic heterocycles. The van der Waals surface area contributed by atoms with Crippen molar-refractivity contribution in [2.24, 2.45) is 5.41 Å². The predicted molar refractivity (Wildman–Crippen MR) is 146 cm³/mol. The fourth-order valence-corrected chi connectivity index (χ4v) is 7.41. The molecule has 0 saturated carbocycles. The maximum absolute atomic E-state index is 14.0. The van der Waals surface area contributed by atoms with Crippen LogP contribution in [0.25, 0.3) is 0 Å². The summed E-state index contributed by atoms with van der Waals surface area (Å²) in [6.45, 7) is 5.96. The van der Waals surface area contributed by atoms with Crippen LogP contribution in [0, 0.1) is 5.41 Å². The zero-order chi connectivity index (χ0) is 26.3. The molecule has 5 nitrogen and oxygen atoms in total. The van der Waals surface area contributed by atoms with Crippen LogP contribution >= 0.6 is 11.8 Å². The average Bonchev–Trinajstić information content (AvgIpc) is 2.96. The first-order valence-corrected chi connectivity index (χ1v) is 15.3. The molecule has 0 atom stereocenters. The Morgan fingerprint density at radius 3 is 2.33 bits per heavy atom. The van der Waals surface area contributed by atoms with Gasteiger partial charge in [0.05, 0.1) is 21.2 Å². The number of carbonyl (C=O) groups is 1. The third kappa shape index (κ3) is 6.51. The molecule has 1 aliphatic heterocycles. The number of thioether (sulfide) groups is 1. The van der Waals surface area contributed by atoms with E-state index < -0.39 is 26.9 Å². The Hall–Kier alpha value is -2.32. The Labute approximate surface area is 219 Å². The number of ether oxygens (including phenoxy) is 1. The molecular weight excluding hydrogens is 497 g/mol. The minimum atomic E-state index is -3.70. The first-order chi connectivity index (χ1) is 17.2. The Bertz CT molecular complexity index is 1190. The van der Waals surface area contributed by atoms with Gasteiger partial charge in [0.1, 0.15) is 12.0 Å². The van der Waals surface area contributed by atoms with Gasteiger partial charge < -0.3 is 9.64 Å². The topological polar surface area (TPSA) is 63.7 Å². The van der Waals surface area contributed by atoms with Crippen molar-refractivity contribution < 1.29 is 22.3 Å². The van der Waals surface area contributed by atoms with Gasteiger partial charge in [0.15, 0.2) is 15.6 Å². The normalized spacial score (nSPS) is 16.8. The maximum atomic E-state index is 14.0. The van der Waals surface area contributed by atoms with Crippen molar-refractivity contribution in [1.82, 2.24) is 0 Å². The molecule has 0 fully saturated rings. The van der Waals surface area contributed by atoms with Gasteiger partial charge >= 0.3 is 0 Å². The van der Waals surface area contributed by atoms with Crippen LogP contribution in [0.15, 0.2) is 64.3 Å². The number of rotatable bonds is 11. The number of halogens is 1. The summed E-state index contributed by atoms with van der Waals surface area (Å²) >= 11 is 1.38. The van der Waals surface area contributed by atoms with Crippen LogP contribution in [0.3, 0.4) is 0 Å². The van der Waals surface area contributed by atoms with E-state index in [1.54, 1.807) is 0 Å². The van der Waals surface area contributed by atoms with E-state index in [-0.39, 0.29) is 16.4 Å². The largest absolute Gasteiger partial charge is 0.461 e. The molecule has 2 aromatic carbocycles. The van der Waals surface area contributed by atoms with E-state index in [0.717, 1.165) is 57.4 Å².